The summed E-state index contributed by atoms with van der Waals surface area (Å²) in [6.07, 6.45) is -3.67. The maximum Gasteiger partial charge on any atom is 1.00 e. The van der Waals surface area contributed by atoms with E-state index in [2.05, 4.69) is 0 Å². The molecule has 0 fully saturated rings. The van der Waals surface area contributed by atoms with Crippen molar-refractivity contribution >= 4 is 28.0 Å². The summed E-state index contributed by atoms with van der Waals surface area (Å²) in [5.41, 5.74) is 0. The quantitative estimate of drug-likeness (QED) is 0.146. The normalized spacial score (nSPS) is 8.30. The molecule has 0 saturated carbocycles. The Morgan fingerprint density at radius 3 is 0.700 bits per heavy atom. The van der Waals surface area contributed by atoms with Crippen molar-refractivity contribution in [1.29, 1.82) is 0 Å². The molecule has 0 bridgehead atoms. The molecule has 20 heavy (non-hydrogen) atoms. The number of phosphoric acid groups is 2. The molecule has 0 aromatic carbocycles. The molecule has 0 aliphatic rings. The summed E-state index contributed by atoms with van der Waals surface area (Å²) in [4.78, 5) is 63.0. The molecule has 0 spiro atoms. The van der Waals surface area contributed by atoms with E-state index in [0.717, 1.165) is 0 Å². The van der Waals surface area contributed by atoms with Gasteiger partial charge in [-0.3, -0.25) is 0 Å². The third-order valence-corrected chi connectivity index (χ3v) is 0. The Kier molecular flexibility index (Phi) is 36.8. The fourth-order valence-electron chi connectivity index (χ4n) is 0. The van der Waals surface area contributed by atoms with Gasteiger partial charge in [-0.05, 0) is 0 Å². The van der Waals surface area contributed by atoms with E-state index in [1.54, 1.807) is 0 Å². The third kappa shape index (κ3) is 10200. The van der Waals surface area contributed by atoms with Gasteiger partial charge >= 0.3 is 79.2 Å². The smallest absolute Gasteiger partial charge is 0.790 e. The van der Waals surface area contributed by atoms with Crippen molar-refractivity contribution in [3.63, 3.8) is 0 Å². The van der Waals surface area contributed by atoms with Crippen LogP contribution in [-0.2, 0) is 9.13 Å². The summed E-state index contributed by atoms with van der Waals surface area (Å²) in [7, 11) is -9.78. The molecular formula is C2H8Na2O14P2. The number of hydrogen-bond acceptors (Lipinski definition) is 6. The van der Waals surface area contributed by atoms with Crippen LogP contribution in [0.3, 0.4) is 0 Å². The minimum absolute atomic E-state index is 0. The molecule has 18 heteroatoms. The van der Waals surface area contributed by atoms with Crippen LogP contribution in [0.25, 0.3) is 0 Å². The summed E-state index contributed by atoms with van der Waals surface area (Å²) < 4.78 is 17.5. The van der Waals surface area contributed by atoms with Gasteiger partial charge in [0.05, 0.1) is 7.82 Å². The van der Waals surface area contributed by atoms with Gasteiger partial charge in [0.2, 0.25) is 0 Å². The van der Waals surface area contributed by atoms with Crippen LogP contribution in [0.2, 0.25) is 0 Å². The van der Waals surface area contributed by atoms with Crippen LogP contribution in [-0.4, -0.2) is 52.3 Å². The van der Waals surface area contributed by atoms with E-state index in [-0.39, 0.29) is 59.1 Å². The van der Waals surface area contributed by atoms with Crippen LogP contribution in [0.4, 0.5) is 9.59 Å². The van der Waals surface area contributed by atoms with Crippen LogP contribution in [0.15, 0.2) is 0 Å². The van der Waals surface area contributed by atoms with Gasteiger partial charge in [-0.15, -0.1) is 0 Å². The molecule has 0 amide bonds. The fraction of sp³-hybridized carbons (Fsp3) is 0. The Morgan fingerprint density at radius 1 is 0.700 bits per heavy atom. The van der Waals surface area contributed by atoms with Crippen molar-refractivity contribution in [2.75, 3.05) is 0 Å². The zero-order valence-electron chi connectivity index (χ0n) is 9.92. The number of hydrogen-bond donors (Lipinski definition) is 8. The maximum atomic E-state index is 8.88. The molecule has 8 N–H and O–H groups in total. The van der Waals surface area contributed by atoms with E-state index in [1.807, 2.05) is 0 Å². The maximum absolute atomic E-state index is 8.88. The Bertz CT molecular complexity index is 259. The number of carboxylic acid groups (broad SMARTS) is 4. The van der Waals surface area contributed by atoms with Crippen LogP contribution in [0.5, 0.6) is 0 Å². The molecule has 0 aliphatic heterocycles. The molecule has 0 saturated heterocycles. The van der Waals surface area contributed by atoms with Crippen LogP contribution in [0, 0.1) is 0 Å². The Hall–Kier alpha value is 0.760. The standard InChI is InChI=1S/2CH2O3.2Na.2H3O4P/c2*2-1(3)4;;;2*1-5(2,3)4/h2*(H2,2,3,4);;;2*(H3,1,2,3,4)/q;;2*+1;;/p-2. The minimum atomic E-state index is -5.14. The van der Waals surface area contributed by atoms with Crippen LogP contribution < -0.4 is 68.9 Å². The summed E-state index contributed by atoms with van der Waals surface area (Å²) in [6, 6.07) is 0. The van der Waals surface area contributed by atoms with E-state index >= 15 is 0 Å². The van der Waals surface area contributed by atoms with Gasteiger partial charge in [0.25, 0.3) is 0 Å². The van der Waals surface area contributed by atoms with E-state index in [4.69, 9.17) is 68.5 Å². The van der Waals surface area contributed by atoms with Crippen molar-refractivity contribution in [2.45, 2.75) is 0 Å². The van der Waals surface area contributed by atoms with Gasteiger partial charge in [0.15, 0.2) is 0 Å². The topological polar surface area (TPSA) is 276 Å². The molecule has 0 atom stereocenters. The molecule has 0 rings (SSSR count). The third-order valence-electron chi connectivity index (χ3n) is 0. The van der Waals surface area contributed by atoms with Crippen LogP contribution in [0.1, 0.15) is 0 Å². The number of rotatable bonds is 0. The van der Waals surface area contributed by atoms with Crippen LogP contribution >= 0.6 is 15.6 Å². The summed E-state index contributed by atoms with van der Waals surface area (Å²) in [5, 5.41) is 27.9. The first kappa shape index (κ1) is 37.2. The molecule has 0 unspecified atom stereocenters. The predicted molar refractivity (Wildman–Crippen MR) is 45.4 cm³/mol. The average Bonchev–Trinajstić information content (AvgIpc) is 1.70. The second kappa shape index (κ2) is 19.8. The van der Waals surface area contributed by atoms with Crippen molar-refractivity contribution in [1.82, 2.24) is 0 Å². The van der Waals surface area contributed by atoms with Gasteiger partial charge in [0, 0.05) is 0 Å². The summed E-state index contributed by atoms with van der Waals surface area (Å²) in [5.74, 6) is 0. The Balaban J connectivity index is -0.0000000318. The molecule has 0 aromatic heterocycles. The monoisotopic (exact) mass is 364 g/mol. The first-order chi connectivity index (χ1) is 7.46. The zero-order valence-corrected chi connectivity index (χ0v) is 15.7. The van der Waals surface area contributed by atoms with E-state index in [1.165, 1.54) is 0 Å². The molecule has 0 aromatic rings. The van der Waals surface area contributed by atoms with Gasteiger partial charge < -0.3 is 54.4 Å². The van der Waals surface area contributed by atoms with Crippen molar-refractivity contribution in [3.05, 3.63) is 0 Å². The summed E-state index contributed by atoms with van der Waals surface area (Å²) in [6.45, 7) is 0. The van der Waals surface area contributed by atoms with Crippen molar-refractivity contribution < 1.29 is 128 Å². The second-order valence-corrected chi connectivity index (χ2v) is 3.51. The van der Waals surface area contributed by atoms with E-state index in [0.29, 0.717) is 0 Å². The Labute approximate surface area is 154 Å². The second-order valence-electron chi connectivity index (χ2n) is 1.55. The van der Waals surface area contributed by atoms with Crippen molar-refractivity contribution in [2.24, 2.45) is 0 Å². The average molecular weight is 364 g/mol. The van der Waals surface area contributed by atoms with Crippen molar-refractivity contribution in [3.8, 4) is 0 Å². The molecule has 0 aliphatic carbocycles. The van der Waals surface area contributed by atoms with Gasteiger partial charge in [0.1, 0.15) is 0 Å². The number of carbonyl (C=O) groups is 2. The SMILES string of the molecule is O=C(O)O.O=C(O)O.O=P(O)(O)O.O=P([O-])([O-])O.[Na+].[Na+]. The molecule has 0 heterocycles. The first-order valence-electron chi connectivity index (χ1n) is 2.83. The zero-order chi connectivity index (χ0) is 16.2. The predicted octanol–water partition coefficient (Wildman–Crippen LogP) is -8.67. The fourth-order valence-corrected chi connectivity index (χ4v) is 0. The van der Waals surface area contributed by atoms with E-state index in [9.17, 15) is 0 Å². The van der Waals surface area contributed by atoms with E-state index < -0.39 is 28.0 Å². The summed E-state index contributed by atoms with van der Waals surface area (Å²) >= 11 is 0. The largest absolute Gasteiger partial charge is 1.00 e. The van der Waals surface area contributed by atoms with Gasteiger partial charge in [-0.25, -0.2) is 14.2 Å². The first-order valence-corrected chi connectivity index (χ1v) is 5.89. The molecule has 0 radical (unpaired) electrons. The Morgan fingerprint density at radius 2 is 0.700 bits per heavy atom. The van der Waals surface area contributed by atoms with Gasteiger partial charge in [-0.2, -0.15) is 0 Å². The minimum Gasteiger partial charge on any atom is -0.790 e. The van der Waals surface area contributed by atoms with Gasteiger partial charge in [-0.1, -0.05) is 0 Å². The molecular weight excluding hydrogens is 356 g/mol. The molecule has 14 nitrogen and oxygen atoms in total. The molecule has 112 valence electrons.